The van der Waals surface area contributed by atoms with E-state index in [1.54, 1.807) is 6.08 Å². The maximum atomic E-state index is 12.2. The molecule has 3 aromatic rings. The molecule has 7 heteroatoms. The zero-order chi connectivity index (χ0) is 19.5. The van der Waals surface area contributed by atoms with Crippen LogP contribution in [0.15, 0.2) is 85.0 Å². The topological polar surface area (TPSA) is 54.6 Å². The second kappa shape index (κ2) is 8.31. The zero-order valence-electron chi connectivity index (χ0n) is 14.8. The van der Waals surface area contributed by atoms with Gasteiger partial charge in [0.2, 0.25) is 0 Å². The van der Waals surface area contributed by atoms with Crippen LogP contribution in [0.5, 0.6) is 0 Å². The molecule has 0 unspecified atom stereocenters. The van der Waals surface area contributed by atoms with Crippen LogP contribution in [0.3, 0.4) is 0 Å². The molecule has 1 aliphatic rings. The molecular formula is C21H15ClN2O2S2. The standard InChI is InChI=1S/C21H15ClN2O2S2/c1-13-2-6-15(7-3-13)23-21-24-20(25)18(28-21)12-16-8-11-19(26-16)27-17-9-4-14(22)5-10-17/h2-12H,1H3,(H,23,24,25). The van der Waals surface area contributed by atoms with Crippen molar-refractivity contribution in [2.45, 2.75) is 16.9 Å². The number of halogens is 1. The summed E-state index contributed by atoms with van der Waals surface area (Å²) in [6.45, 7) is 2.02. The average molecular weight is 427 g/mol. The van der Waals surface area contributed by atoms with E-state index in [-0.39, 0.29) is 5.91 Å². The van der Waals surface area contributed by atoms with Crippen LogP contribution in [0.1, 0.15) is 11.3 Å². The molecule has 0 radical (unpaired) electrons. The number of aryl methyl sites for hydroxylation is 1. The number of rotatable bonds is 4. The van der Waals surface area contributed by atoms with Crippen molar-refractivity contribution < 1.29 is 9.21 Å². The number of amides is 1. The number of benzene rings is 2. The normalized spacial score (nSPS) is 16.7. The smallest absolute Gasteiger partial charge is 0.264 e. The van der Waals surface area contributed by atoms with E-state index in [4.69, 9.17) is 16.0 Å². The first-order valence-electron chi connectivity index (χ1n) is 8.45. The third-order valence-corrected chi connectivity index (χ3v) is 5.91. The van der Waals surface area contributed by atoms with Gasteiger partial charge in [0.15, 0.2) is 10.3 Å². The summed E-state index contributed by atoms with van der Waals surface area (Å²) in [5, 5.41) is 4.78. The predicted octanol–water partition coefficient (Wildman–Crippen LogP) is 6.28. The summed E-state index contributed by atoms with van der Waals surface area (Å²) in [6, 6.07) is 19.1. The highest BCUT2D eigenvalue weighted by molar-refractivity contribution is 8.18. The Hall–Kier alpha value is -2.41. The molecule has 0 saturated carbocycles. The van der Waals surface area contributed by atoms with Crippen molar-refractivity contribution in [1.82, 2.24) is 5.32 Å². The molecule has 28 heavy (non-hydrogen) atoms. The van der Waals surface area contributed by atoms with Crippen LogP contribution in [-0.2, 0) is 4.79 Å². The second-order valence-corrected chi connectivity index (χ2v) is 8.58. The molecule has 1 fully saturated rings. The monoisotopic (exact) mass is 426 g/mol. The van der Waals surface area contributed by atoms with E-state index in [2.05, 4.69) is 10.3 Å². The van der Waals surface area contributed by atoms with Gasteiger partial charge in [-0.1, -0.05) is 41.1 Å². The van der Waals surface area contributed by atoms with Gasteiger partial charge in [-0.25, -0.2) is 4.99 Å². The van der Waals surface area contributed by atoms with E-state index < -0.39 is 0 Å². The van der Waals surface area contributed by atoms with Crippen molar-refractivity contribution in [3.05, 3.63) is 81.9 Å². The molecule has 1 N–H and O–H groups in total. The summed E-state index contributed by atoms with van der Waals surface area (Å²) >= 11 is 8.70. The highest BCUT2D eigenvalue weighted by Crippen LogP contribution is 2.32. The molecule has 1 saturated heterocycles. The lowest BCUT2D eigenvalue weighted by atomic mass is 10.2. The third-order valence-electron chi connectivity index (χ3n) is 3.82. The lowest BCUT2D eigenvalue weighted by molar-refractivity contribution is -0.115. The van der Waals surface area contributed by atoms with Crippen LogP contribution in [0, 0.1) is 6.92 Å². The number of furan rings is 1. The van der Waals surface area contributed by atoms with Gasteiger partial charge in [-0.2, -0.15) is 0 Å². The molecule has 0 spiro atoms. The highest BCUT2D eigenvalue weighted by atomic mass is 35.5. The highest BCUT2D eigenvalue weighted by Gasteiger charge is 2.24. The van der Waals surface area contributed by atoms with Gasteiger partial charge in [0.25, 0.3) is 5.91 Å². The van der Waals surface area contributed by atoms with Crippen LogP contribution in [0.4, 0.5) is 5.69 Å². The molecule has 0 aliphatic carbocycles. The molecule has 2 heterocycles. The van der Waals surface area contributed by atoms with Gasteiger partial charge in [-0.15, -0.1) is 0 Å². The number of hydrogen-bond donors (Lipinski definition) is 1. The van der Waals surface area contributed by atoms with E-state index >= 15 is 0 Å². The number of hydrogen-bond acceptors (Lipinski definition) is 5. The minimum Gasteiger partial charge on any atom is -0.450 e. The zero-order valence-corrected chi connectivity index (χ0v) is 17.2. The molecule has 1 amide bonds. The molecule has 140 valence electrons. The van der Waals surface area contributed by atoms with Gasteiger partial charge < -0.3 is 9.73 Å². The summed E-state index contributed by atoms with van der Waals surface area (Å²) in [5.74, 6) is 0.435. The van der Waals surface area contributed by atoms with Crippen molar-refractivity contribution in [2.75, 3.05) is 0 Å². The Morgan fingerprint density at radius 3 is 2.57 bits per heavy atom. The molecule has 4 rings (SSSR count). The second-order valence-electron chi connectivity index (χ2n) is 6.03. The van der Waals surface area contributed by atoms with Gasteiger partial charge in [0, 0.05) is 16.0 Å². The van der Waals surface area contributed by atoms with Crippen molar-refractivity contribution in [1.29, 1.82) is 0 Å². The van der Waals surface area contributed by atoms with E-state index in [1.165, 1.54) is 23.5 Å². The number of carbonyl (C=O) groups excluding carboxylic acids is 1. The fourth-order valence-corrected chi connectivity index (χ4v) is 4.16. The number of carbonyl (C=O) groups is 1. The predicted molar refractivity (Wildman–Crippen MR) is 116 cm³/mol. The van der Waals surface area contributed by atoms with Gasteiger partial charge in [-0.3, -0.25) is 4.79 Å². The number of amidine groups is 1. The Labute approximate surface area is 176 Å². The average Bonchev–Trinajstić information content (AvgIpc) is 3.26. The quantitative estimate of drug-likeness (QED) is 0.498. The van der Waals surface area contributed by atoms with Gasteiger partial charge in [0.05, 0.1) is 10.6 Å². The lowest BCUT2D eigenvalue weighted by Gasteiger charge is -1.97. The van der Waals surface area contributed by atoms with Crippen LogP contribution < -0.4 is 5.32 Å². The fraction of sp³-hybridized carbons (Fsp3) is 0.0476. The summed E-state index contributed by atoms with van der Waals surface area (Å²) in [6.07, 6.45) is 1.73. The summed E-state index contributed by atoms with van der Waals surface area (Å²) in [5.41, 5.74) is 1.96. The number of nitrogens with one attached hydrogen (secondary N) is 1. The molecule has 2 aromatic carbocycles. The maximum Gasteiger partial charge on any atom is 0.264 e. The first kappa shape index (κ1) is 18.9. The minimum atomic E-state index is -0.181. The Bertz CT molecular complexity index is 1070. The molecular weight excluding hydrogens is 412 g/mol. The van der Waals surface area contributed by atoms with Crippen LogP contribution in [-0.4, -0.2) is 11.1 Å². The largest absolute Gasteiger partial charge is 0.450 e. The maximum absolute atomic E-state index is 12.2. The van der Waals surface area contributed by atoms with Crippen molar-refractivity contribution in [3.63, 3.8) is 0 Å². The molecule has 4 nitrogen and oxygen atoms in total. The SMILES string of the molecule is Cc1ccc(N=C2NC(=O)C(=Cc3ccc(Sc4ccc(Cl)cc4)o3)S2)cc1. The van der Waals surface area contributed by atoms with E-state index in [1.807, 2.05) is 67.6 Å². The summed E-state index contributed by atoms with van der Waals surface area (Å²) in [4.78, 5) is 18.3. The summed E-state index contributed by atoms with van der Waals surface area (Å²) in [7, 11) is 0. The number of thioether (sulfide) groups is 1. The molecule has 0 bridgehead atoms. The first-order chi connectivity index (χ1) is 13.5. The van der Waals surface area contributed by atoms with Gasteiger partial charge >= 0.3 is 0 Å². The Balaban J connectivity index is 1.47. The van der Waals surface area contributed by atoms with E-state index in [0.717, 1.165) is 21.2 Å². The van der Waals surface area contributed by atoms with Gasteiger partial charge in [-0.05, 0) is 67.2 Å². The fourth-order valence-electron chi connectivity index (χ4n) is 2.43. The number of aliphatic imine (C=N–C) groups is 1. The Kier molecular flexibility index (Phi) is 5.62. The molecule has 1 aromatic heterocycles. The molecule has 0 atom stereocenters. The first-order valence-corrected chi connectivity index (χ1v) is 10.5. The van der Waals surface area contributed by atoms with Crippen molar-refractivity contribution in [2.24, 2.45) is 4.99 Å². The van der Waals surface area contributed by atoms with Crippen LogP contribution in [0.25, 0.3) is 6.08 Å². The molecule has 1 aliphatic heterocycles. The van der Waals surface area contributed by atoms with Gasteiger partial charge in [0.1, 0.15) is 5.76 Å². The van der Waals surface area contributed by atoms with Crippen molar-refractivity contribution >= 4 is 58.0 Å². The lowest BCUT2D eigenvalue weighted by Crippen LogP contribution is -2.19. The third kappa shape index (κ3) is 4.70. The van der Waals surface area contributed by atoms with E-state index in [9.17, 15) is 4.79 Å². The number of nitrogens with zero attached hydrogens (tertiary/aromatic N) is 1. The van der Waals surface area contributed by atoms with Crippen LogP contribution in [0.2, 0.25) is 5.02 Å². The van der Waals surface area contributed by atoms with Crippen LogP contribution >= 0.6 is 35.1 Å². The van der Waals surface area contributed by atoms with E-state index in [0.29, 0.717) is 20.9 Å². The van der Waals surface area contributed by atoms with Crippen molar-refractivity contribution in [3.8, 4) is 0 Å². The summed E-state index contributed by atoms with van der Waals surface area (Å²) < 4.78 is 5.82. The Morgan fingerprint density at radius 1 is 1.07 bits per heavy atom. The minimum absolute atomic E-state index is 0.181. The Morgan fingerprint density at radius 2 is 1.82 bits per heavy atom.